The highest BCUT2D eigenvalue weighted by molar-refractivity contribution is 4.89. The third-order valence-electron chi connectivity index (χ3n) is 3.62. The summed E-state index contributed by atoms with van der Waals surface area (Å²) in [6.07, 6.45) is 6.10. The fourth-order valence-electron chi connectivity index (χ4n) is 2.91. The molecule has 0 aromatic heterocycles. The van der Waals surface area contributed by atoms with Crippen LogP contribution in [0.2, 0.25) is 0 Å². The van der Waals surface area contributed by atoms with Gasteiger partial charge in [-0.15, -0.1) is 0 Å². The minimum atomic E-state index is -0.126. The van der Waals surface area contributed by atoms with Crippen LogP contribution in [0, 0.1) is 11.8 Å². The van der Waals surface area contributed by atoms with Gasteiger partial charge < -0.3 is 10.2 Å². The lowest BCUT2D eigenvalue weighted by Gasteiger charge is -2.41. The van der Waals surface area contributed by atoms with Gasteiger partial charge in [0.25, 0.3) is 0 Å². The predicted molar refractivity (Wildman–Crippen MR) is 46.7 cm³/mol. The molecule has 0 aromatic carbocycles. The number of aliphatic hydroxyl groups is 2. The van der Waals surface area contributed by atoms with Gasteiger partial charge in [-0.1, -0.05) is 12.8 Å². The van der Waals surface area contributed by atoms with E-state index in [1.54, 1.807) is 0 Å². The van der Waals surface area contributed by atoms with Crippen molar-refractivity contribution in [3.63, 3.8) is 0 Å². The molecule has 2 N–H and O–H groups in total. The zero-order valence-electron chi connectivity index (χ0n) is 7.45. The first kappa shape index (κ1) is 8.52. The van der Waals surface area contributed by atoms with E-state index in [4.69, 9.17) is 0 Å². The molecule has 70 valence electrons. The van der Waals surface area contributed by atoms with E-state index < -0.39 is 0 Å². The first-order valence-corrected chi connectivity index (χ1v) is 5.15. The molecule has 0 bridgehead atoms. The summed E-state index contributed by atoms with van der Waals surface area (Å²) in [6, 6.07) is 0. The Bertz CT molecular complexity index is 140. The van der Waals surface area contributed by atoms with Gasteiger partial charge in [-0.3, -0.25) is 0 Å². The maximum absolute atomic E-state index is 9.71. The Morgan fingerprint density at radius 2 is 1.08 bits per heavy atom. The second-order valence-electron chi connectivity index (χ2n) is 4.32. The molecular formula is C10H18O2. The molecule has 0 radical (unpaired) electrons. The second-order valence-corrected chi connectivity index (χ2v) is 4.32. The van der Waals surface area contributed by atoms with Crippen LogP contribution in [0.4, 0.5) is 0 Å². The standard InChI is InChI=1S/C10H18O2/c11-9-5-6-10(12)8-4-2-1-3-7(8)9/h7-12H,1-6H2/t7?,8?,9-,10-/m1/s1. The van der Waals surface area contributed by atoms with E-state index >= 15 is 0 Å². The zero-order valence-corrected chi connectivity index (χ0v) is 7.45. The average molecular weight is 170 g/mol. The van der Waals surface area contributed by atoms with E-state index in [9.17, 15) is 10.2 Å². The Morgan fingerprint density at radius 3 is 1.50 bits per heavy atom. The van der Waals surface area contributed by atoms with Crippen LogP contribution >= 0.6 is 0 Å². The summed E-state index contributed by atoms with van der Waals surface area (Å²) < 4.78 is 0. The maximum atomic E-state index is 9.71. The van der Waals surface area contributed by atoms with Gasteiger partial charge in [0.05, 0.1) is 12.2 Å². The normalized spacial score (nSPS) is 48.5. The van der Waals surface area contributed by atoms with Gasteiger partial charge in [-0.2, -0.15) is 0 Å². The van der Waals surface area contributed by atoms with Gasteiger partial charge in [0.1, 0.15) is 0 Å². The zero-order chi connectivity index (χ0) is 8.55. The summed E-state index contributed by atoms with van der Waals surface area (Å²) in [5.74, 6) is 0.810. The third-order valence-corrected chi connectivity index (χ3v) is 3.62. The minimum Gasteiger partial charge on any atom is -0.393 e. The van der Waals surface area contributed by atoms with Crippen LogP contribution in [0.1, 0.15) is 38.5 Å². The lowest BCUT2D eigenvalue weighted by Crippen LogP contribution is -2.42. The van der Waals surface area contributed by atoms with Crippen molar-refractivity contribution in [2.75, 3.05) is 0 Å². The first-order valence-electron chi connectivity index (χ1n) is 5.15. The number of hydrogen-bond donors (Lipinski definition) is 2. The van der Waals surface area contributed by atoms with Gasteiger partial charge in [0, 0.05) is 0 Å². The van der Waals surface area contributed by atoms with Crippen molar-refractivity contribution in [3.05, 3.63) is 0 Å². The smallest absolute Gasteiger partial charge is 0.0573 e. The Balaban J connectivity index is 2.05. The van der Waals surface area contributed by atoms with Crippen molar-refractivity contribution in [1.29, 1.82) is 0 Å². The van der Waals surface area contributed by atoms with E-state index in [0.29, 0.717) is 11.8 Å². The summed E-state index contributed by atoms with van der Waals surface area (Å²) in [5, 5.41) is 19.4. The highest BCUT2D eigenvalue weighted by atomic mass is 16.3. The molecule has 2 unspecified atom stereocenters. The van der Waals surface area contributed by atoms with Crippen LogP contribution in [0.25, 0.3) is 0 Å². The van der Waals surface area contributed by atoms with E-state index in [1.165, 1.54) is 12.8 Å². The van der Waals surface area contributed by atoms with Gasteiger partial charge in [0.15, 0.2) is 0 Å². The molecule has 0 saturated heterocycles. The first-order chi connectivity index (χ1) is 5.79. The van der Waals surface area contributed by atoms with Gasteiger partial charge in [0.2, 0.25) is 0 Å². The molecule has 12 heavy (non-hydrogen) atoms. The lowest BCUT2D eigenvalue weighted by molar-refractivity contribution is -0.0608. The van der Waals surface area contributed by atoms with Crippen molar-refractivity contribution in [3.8, 4) is 0 Å². The summed E-state index contributed by atoms with van der Waals surface area (Å²) in [5.41, 5.74) is 0. The van der Waals surface area contributed by atoms with Crippen LogP contribution in [0.5, 0.6) is 0 Å². The summed E-state index contributed by atoms with van der Waals surface area (Å²) in [4.78, 5) is 0. The van der Waals surface area contributed by atoms with Crippen molar-refractivity contribution in [1.82, 2.24) is 0 Å². The summed E-state index contributed by atoms with van der Waals surface area (Å²) in [6.45, 7) is 0. The largest absolute Gasteiger partial charge is 0.393 e. The maximum Gasteiger partial charge on any atom is 0.0573 e. The monoisotopic (exact) mass is 170 g/mol. The number of fused-ring (bicyclic) bond motifs is 1. The molecule has 0 aliphatic heterocycles. The molecule has 0 spiro atoms. The highest BCUT2D eigenvalue weighted by Crippen LogP contribution is 2.40. The van der Waals surface area contributed by atoms with Gasteiger partial charge in [-0.05, 0) is 37.5 Å². The fourth-order valence-corrected chi connectivity index (χ4v) is 2.91. The highest BCUT2D eigenvalue weighted by Gasteiger charge is 2.38. The predicted octanol–water partition coefficient (Wildman–Crippen LogP) is 1.31. The Morgan fingerprint density at radius 1 is 0.667 bits per heavy atom. The lowest BCUT2D eigenvalue weighted by atomic mass is 9.68. The molecule has 2 aliphatic rings. The van der Waals surface area contributed by atoms with E-state index in [0.717, 1.165) is 25.7 Å². The Labute approximate surface area is 73.6 Å². The van der Waals surface area contributed by atoms with Crippen LogP contribution in [-0.2, 0) is 0 Å². The van der Waals surface area contributed by atoms with Crippen LogP contribution in [0.15, 0.2) is 0 Å². The molecule has 4 atom stereocenters. The van der Waals surface area contributed by atoms with E-state index in [1.807, 2.05) is 0 Å². The second kappa shape index (κ2) is 3.35. The Kier molecular flexibility index (Phi) is 2.37. The van der Waals surface area contributed by atoms with E-state index in [2.05, 4.69) is 0 Å². The summed E-state index contributed by atoms with van der Waals surface area (Å²) >= 11 is 0. The molecule has 0 heterocycles. The molecular weight excluding hydrogens is 152 g/mol. The quantitative estimate of drug-likeness (QED) is 0.575. The van der Waals surface area contributed by atoms with Crippen molar-refractivity contribution >= 4 is 0 Å². The SMILES string of the molecule is O[C@@H]1CC[C@@H](O)C2CCCCC21. The van der Waals surface area contributed by atoms with Crippen molar-refractivity contribution < 1.29 is 10.2 Å². The topological polar surface area (TPSA) is 40.5 Å². The molecule has 2 saturated carbocycles. The molecule has 2 aliphatic carbocycles. The summed E-state index contributed by atoms with van der Waals surface area (Å²) in [7, 11) is 0. The van der Waals surface area contributed by atoms with Gasteiger partial charge >= 0.3 is 0 Å². The third kappa shape index (κ3) is 1.38. The molecule has 2 heteroatoms. The number of aliphatic hydroxyl groups excluding tert-OH is 2. The molecule has 0 amide bonds. The van der Waals surface area contributed by atoms with Crippen LogP contribution in [0.3, 0.4) is 0 Å². The van der Waals surface area contributed by atoms with Crippen LogP contribution < -0.4 is 0 Å². The Hall–Kier alpha value is -0.0800. The van der Waals surface area contributed by atoms with Crippen molar-refractivity contribution in [2.45, 2.75) is 50.7 Å². The average Bonchev–Trinajstić information content (AvgIpc) is 2.12. The van der Waals surface area contributed by atoms with Gasteiger partial charge in [-0.25, -0.2) is 0 Å². The van der Waals surface area contributed by atoms with E-state index in [-0.39, 0.29) is 12.2 Å². The molecule has 2 fully saturated rings. The number of rotatable bonds is 0. The van der Waals surface area contributed by atoms with Crippen LogP contribution in [-0.4, -0.2) is 22.4 Å². The molecule has 0 aromatic rings. The minimum absolute atomic E-state index is 0.126. The molecule has 2 nitrogen and oxygen atoms in total. The fraction of sp³-hybridized carbons (Fsp3) is 1.00. The molecule has 2 rings (SSSR count). The number of hydrogen-bond acceptors (Lipinski definition) is 2. The van der Waals surface area contributed by atoms with Crippen molar-refractivity contribution in [2.24, 2.45) is 11.8 Å².